The van der Waals surface area contributed by atoms with Crippen molar-refractivity contribution in [1.29, 1.82) is 0 Å². The molecule has 0 spiro atoms. The summed E-state index contributed by atoms with van der Waals surface area (Å²) in [5.41, 5.74) is 1.73. The van der Waals surface area contributed by atoms with Crippen molar-refractivity contribution in [1.82, 2.24) is 5.32 Å². The van der Waals surface area contributed by atoms with Crippen molar-refractivity contribution in [2.45, 2.75) is 50.5 Å². The number of nitrogens with one attached hydrogen (secondary N) is 1. The number of rotatable bonds is 9. The van der Waals surface area contributed by atoms with Crippen LogP contribution in [0.1, 0.15) is 49.1 Å². The summed E-state index contributed by atoms with van der Waals surface area (Å²) in [5.74, 6) is -0.972. The maximum absolute atomic E-state index is 12.2. The molecule has 148 valence electrons. The minimum Gasteiger partial charge on any atom is -0.490 e. The summed E-state index contributed by atoms with van der Waals surface area (Å²) in [6.07, 6.45) is 5.89. The van der Waals surface area contributed by atoms with Crippen LogP contribution < -0.4 is 10.1 Å². The van der Waals surface area contributed by atoms with E-state index in [2.05, 4.69) is 5.32 Å². The number of carboxylic acids is 1. The van der Waals surface area contributed by atoms with E-state index in [4.69, 9.17) is 4.74 Å². The smallest absolute Gasteiger partial charge is 0.312 e. The van der Waals surface area contributed by atoms with E-state index in [9.17, 15) is 14.7 Å². The molecule has 1 aliphatic rings. The van der Waals surface area contributed by atoms with Gasteiger partial charge in [0.15, 0.2) is 0 Å². The van der Waals surface area contributed by atoms with E-state index in [0.29, 0.717) is 24.5 Å². The van der Waals surface area contributed by atoms with E-state index in [0.717, 1.165) is 24.2 Å². The Morgan fingerprint density at radius 3 is 2.54 bits per heavy atom. The van der Waals surface area contributed by atoms with Crippen LogP contribution in [-0.4, -0.2) is 29.6 Å². The number of benzene rings is 2. The average Bonchev–Trinajstić information content (AvgIpc) is 3.20. The monoisotopic (exact) mass is 381 g/mol. The second-order valence-corrected chi connectivity index (χ2v) is 7.28. The van der Waals surface area contributed by atoms with Crippen molar-refractivity contribution in [2.24, 2.45) is 0 Å². The Morgan fingerprint density at radius 1 is 1.07 bits per heavy atom. The molecule has 1 aliphatic carbocycles. The van der Waals surface area contributed by atoms with Gasteiger partial charge in [0.1, 0.15) is 5.75 Å². The van der Waals surface area contributed by atoms with Crippen LogP contribution in [0.25, 0.3) is 0 Å². The van der Waals surface area contributed by atoms with Crippen molar-refractivity contribution in [2.75, 3.05) is 6.54 Å². The third kappa shape index (κ3) is 5.84. The lowest BCUT2D eigenvalue weighted by molar-refractivity contribution is -0.138. The molecule has 1 unspecified atom stereocenters. The maximum Gasteiger partial charge on any atom is 0.312 e. The minimum absolute atomic E-state index is 0.0863. The van der Waals surface area contributed by atoms with Crippen molar-refractivity contribution >= 4 is 11.9 Å². The zero-order valence-electron chi connectivity index (χ0n) is 16.0. The van der Waals surface area contributed by atoms with Crippen molar-refractivity contribution in [3.8, 4) is 5.75 Å². The lowest BCUT2D eigenvalue weighted by Crippen LogP contribution is -2.31. The fourth-order valence-corrected chi connectivity index (χ4v) is 3.57. The van der Waals surface area contributed by atoms with Gasteiger partial charge in [0.25, 0.3) is 0 Å². The zero-order valence-corrected chi connectivity index (χ0v) is 16.0. The fourth-order valence-electron chi connectivity index (χ4n) is 3.57. The first-order valence-electron chi connectivity index (χ1n) is 9.92. The molecule has 0 aliphatic heterocycles. The Kier molecular flexibility index (Phi) is 7.06. The van der Waals surface area contributed by atoms with Crippen molar-refractivity contribution in [3.05, 3.63) is 65.7 Å². The first-order valence-corrected chi connectivity index (χ1v) is 9.92. The first-order chi connectivity index (χ1) is 13.6. The van der Waals surface area contributed by atoms with Crippen molar-refractivity contribution < 1.29 is 19.4 Å². The molecular formula is C23H27NO4. The lowest BCUT2D eigenvalue weighted by atomic mass is 9.99. The summed E-state index contributed by atoms with van der Waals surface area (Å²) in [6.45, 7) is 0.0863. The summed E-state index contributed by atoms with van der Waals surface area (Å²) in [5, 5.41) is 12.2. The van der Waals surface area contributed by atoms with Crippen molar-refractivity contribution in [3.63, 3.8) is 0 Å². The summed E-state index contributed by atoms with van der Waals surface area (Å²) in [6, 6.07) is 16.9. The summed E-state index contributed by atoms with van der Waals surface area (Å²) >= 11 is 0. The average molecular weight is 381 g/mol. The molecule has 1 saturated carbocycles. The number of aliphatic carboxylic acids is 1. The zero-order chi connectivity index (χ0) is 19.8. The quantitative estimate of drug-likeness (QED) is 0.690. The Balaban J connectivity index is 1.48. The topological polar surface area (TPSA) is 75.6 Å². The van der Waals surface area contributed by atoms with Crippen LogP contribution in [0.5, 0.6) is 5.75 Å². The molecule has 5 heteroatoms. The highest BCUT2D eigenvalue weighted by Crippen LogP contribution is 2.25. The highest BCUT2D eigenvalue weighted by atomic mass is 16.5. The number of ether oxygens (including phenoxy) is 1. The SMILES string of the molecule is O=C(CCc1cccc(OC2CCCC2)c1)NCC(C(=O)O)c1ccccc1. The maximum atomic E-state index is 12.2. The summed E-state index contributed by atoms with van der Waals surface area (Å²) < 4.78 is 6.01. The van der Waals surface area contributed by atoms with Gasteiger partial charge >= 0.3 is 5.97 Å². The van der Waals surface area contributed by atoms with E-state index in [1.54, 1.807) is 24.3 Å². The molecule has 28 heavy (non-hydrogen) atoms. The highest BCUT2D eigenvalue weighted by molar-refractivity contribution is 5.80. The van der Waals surface area contributed by atoms with E-state index < -0.39 is 11.9 Å². The molecule has 0 heterocycles. The Morgan fingerprint density at radius 2 is 1.82 bits per heavy atom. The van der Waals surface area contributed by atoms with Crippen LogP contribution in [0.4, 0.5) is 0 Å². The molecule has 0 radical (unpaired) electrons. The molecule has 2 aromatic carbocycles. The normalized spacial score (nSPS) is 15.1. The van der Waals surface area contributed by atoms with E-state index >= 15 is 0 Å². The number of carbonyl (C=O) groups is 2. The Hall–Kier alpha value is -2.82. The number of hydrogen-bond donors (Lipinski definition) is 2. The van der Waals surface area contributed by atoms with Gasteiger partial charge in [-0.1, -0.05) is 42.5 Å². The third-order valence-electron chi connectivity index (χ3n) is 5.15. The van der Waals surface area contributed by atoms with E-state index in [1.807, 2.05) is 30.3 Å². The molecule has 2 aromatic rings. The van der Waals surface area contributed by atoms with Gasteiger partial charge in [0.05, 0.1) is 12.0 Å². The van der Waals surface area contributed by atoms with Gasteiger partial charge in [-0.15, -0.1) is 0 Å². The second-order valence-electron chi connectivity index (χ2n) is 7.28. The van der Waals surface area contributed by atoms with Crippen LogP contribution in [0.3, 0.4) is 0 Å². The molecule has 0 saturated heterocycles. The summed E-state index contributed by atoms with van der Waals surface area (Å²) in [4.78, 5) is 23.7. The molecule has 3 rings (SSSR count). The molecule has 1 amide bonds. The number of amides is 1. The fraction of sp³-hybridized carbons (Fsp3) is 0.391. The highest BCUT2D eigenvalue weighted by Gasteiger charge is 2.20. The van der Waals surface area contributed by atoms with Gasteiger partial charge in [-0.05, 0) is 55.4 Å². The number of hydrogen-bond acceptors (Lipinski definition) is 3. The molecule has 1 atom stereocenters. The van der Waals surface area contributed by atoms with E-state index in [-0.39, 0.29) is 12.5 Å². The van der Waals surface area contributed by atoms with Gasteiger partial charge in [-0.2, -0.15) is 0 Å². The lowest BCUT2D eigenvalue weighted by Gasteiger charge is -2.15. The van der Waals surface area contributed by atoms with Crippen LogP contribution >= 0.6 is 0 Å². The first kappa shape index (κ1) is 19.9. The van der Waals surface area contributed by atoms with Gasteiger partial charge in [-0.25, -0.2) is 0 Å². The molecule has 0 aromatic heterocycles. The minimum atomic E-state index is -0.941. The molecule has 0 bridgehead atoms. The van der Waals surface area contributed by atoms with Gasteiger partial charge in [0, 0.05) is 13.0 Å². The second kappa shape index (κ2) is 9.93. The molecule has 2 N–H and O–H groups in total. The van der Waals surface area contributed by atoms with Gasteiger partial charge < -0.3 is 15.2 Å². The molecule has 1 fully saturated rings. The standard InChI is InChI=1S/C23H27NO4/c25-22(24-16-21(23(26)27)18-8-2-1-3-9-18)14-13-17-7-6-12-20(15-17)28-19-10-4-5-11-19/h1-3,6-9,12,15,19,21H,4-5,10-11,13-14,16H2,(H,24,25)(H,26,27). The Labute approximate surface area is 165 Å². The van der Waals surface area contributed by atoms with Crippen LogP contribution in [-0.2, 0) is 16.0 Å². The predicted octanol–water partition coefficient (Wildman–Crippen LogP) is 3.93. The summed E-state index contributed by atoms with van der Waals surface area (Å²) in [7, 11) is 0. The van der Waals surface area contributed by atoms with Gasteiger partial charge in [0.2, 0.25) is 5.91 Å². The van der Waals surface area contributed by atoms with Crippen LogP contribution in [0.15, 0.2) is 54.6 Å². The number of carbonyl (C=O) groups excluding carboxylic acids is 1. The van der Waals surface area contributed by atoms with Crippen LogP contribution in [0, 0.1) is 0 Å². The van der Waals surface area contributed by atoms with E-state index in [1.165, 1.54) is 12.8 Å². The largest absolute Gasteiger partial charge is 0.490 e. The predicted molar refractivity (Wildman–Crippen MR) is 107 cm³/mol. The molecule has 5 nitrogen and oxygen atoms in total. The van der Waals surface area contributed by atoms with Gasteiger partial charge in [-0.3, -0.25) is 9.59 Å². The number of aryl methyl sites for hydroxylation is 1. The van der Waals surface area contributed by atoms with Crippen LogP contribution in [0.2, 0.25) is 0 Å². The molecular weight excluding hydrogens is 354 g/mol. The Bertz CT molecular complexity index is 784. The number of carboxylic acid groups (broad SMARTS) is 1. The third-order valence-corrected chi connectivity index (χ3v) is 5.15.